The summed E-state index contributed by atoms with van der Waals surface area (Å²) in [5, 5.41) is 10.4. The lowest BCUT2D eigenvalue weighted by atomic mass is 9.73. The molecule has 3 fully saturated rings. The van der Waals surface area contributed by atoms with Crippen molar-refractivity contribution >= 4 is 135 Å². The molecule has 476 valence electrons. The van der Waals surface area contributed by atoms with Gasteiger partial charge in [0.15, 0.2) is 0 Å². The largest absolute Gasteiger partial charge is 0.490 e. The van der Waals surface area contributed by atoms with Crippen LogP contribution in [0.15, 0.2) is 87.6 Å². The van der Waals surface area contributed by atoms with Crippen molar-refractivity contribution in [2.75, 3.05) is 39.3 Å². The lowest BCUT2D eigenvalue weighted by molar-refractivity contribution is 0.00578. The number of thiophene rings is 5. The van der Waals surface area contributed by atoms with Gasteiger partial charge in [-0.05, 0) is 315 Å². The fraction of sp³-hybridized carbons (Fsp3) is 0.591. The molecule has 0 aromatic carbocycles. The Morgan fingerprint density at radius 1 is 0.581 bits per heavy atom. The molecule has 5 aromatic heterocycles. The molecule has 10 rings (SSSR count). The Balaban J connectivity index is 0.000000196. The number of carbonyl (C=O) groups excluding carboxylic acids is 3. The van der Waals surface area contributed by atoms with E-state index in [9.17, 15) is 14.4 Å². The number of rotatable bonds is 4. The van der Waals surface area contributed by atoms with E-state index < -0.39 is 16.8 Å². The molecule has 1 aliphatic carbocycles. The number of likely N-dealkylation sites (tertiary alicyclic amines) is 2. The van der Waals surface area contributed by atoms with Crippen LogP contribution >= 0.6 is 104 Å². The molecule has 3 amide bonds. The molecule has 0 spiro atoms. The molecule has 3 saturated heterocycles. The quantitative estimate of drug-likeness (QED) is 0.129. The zero-order valence-corrected chi connectivity index (χ0v) is 62.9. The Labute approximate surface area is 561 Å². The van der Waals surface area contributed by atoms with Crippen LogP contribution in [0.5, 0.6) is 0 Å². The first-order chi connectivity index (χ1) is 40.1. The van der Waals surface area contributed by atoms with E-state index in [1.54, 1.807) is 50.2 Å². The molecule has 4 aliphatic heterocycles. The fourth-order valence-corrected chi connectivity index (χ4v) is 15.5. The zero-order chi connectivity index (χ0) is 63.8. The van der Waals surface area contributed by atoms with E-state index in [4.69, 9.17) is 23.5 Å². The lowest BCUT2D eigenvalue weighted by Gasteiger charge is -2.33. The molecule has 0 radical (unpaired) electrons. The lowest BCUT2D eigenvalue weighted by Crippen LogP contribution is -2.41. The van der Waals surface area contributed by atoms with Gasteiger partial charge in [0.1, 0.15) is 16.8 Å². The van der Waals surface area contributed by atoms with Crippen LogP contribution in [-0.4, -0.2) is 107 Å². The zero-order valence-electron chi connectivity index (χ0n) is 54.0. The third-order valence-corrected chi connectivity index (χ3v) is 22.0. The number of aryl methyl sites for hydroxylation is 4. The second-order valence-corrected chi connectivity index (χ2v) is 34.7. The van der Waals surface area contributed by atoms with Gasteiger partial charge >= 0.3 is 25.4 Å². The number of hydrogen-bond donors (Lipinski definition) is 0. The van der Waals surface area contributed by atoms with E-state index >= 15 is 0 Å². The molecule has 0 N–H and O–H groups in total. The van der Waals surface area contributed by atoms with Crippen molar-refractivity contribution in [1.29, 1.82) is 0 Å². The van der Waals surface area contributed by atoms with Crippen molar-refractivity contribution in [1.82, 2.24) is 14.7 Å². The second kappa shape index (κ2) is 33.5. The van der Waals surface area contributed by atoms with Gasteiger partial charge in [-0.25, -0.2) is 14.4 Å². The summed E-state index contributed by atoms with van der Waals surface area (Å²) < 4.78 is 31.8. The van der Waals surface area contributed by atoms with Gasteiger partial charge < -0.3 is 38.2 Å². The van der Waals surface area contributed by atoms with E-state index in [2.05, 4.69) is 156 Å². The van der Waals surface area contributed by atoms with Crippen molar-refractivity contribution in [2.45, 2.75) is 215 Å². The molecule has 9 heterocycles. The average molecular weight is 1470 g/mol. The number of piperidine rings is 2. The number of carbonyl (C=O) groups is 3. The summed E-state index contributed by atoms with van der Waals surface area (Å²) in [6.45, 7) is 38.7. The summed E-state index contributed by atoms with van der Waals surface area (Å²) in [7, 11) is -0.102. The normalized spacial score (nSPS) is 18.0. The van der Waals surface area contributed by atoms with Gasteiger partial charge in [0, 0.05) is 73.1 Å². The van der Waals surface area contributed by atoms with Gasteiger partial charge in [-0.1, -0.05) is 12.2 Å². The Bertz CT molecular complexity index is 2930. The van der Waals surface area contributed by atoms with E-state index in [1.165, 1.54) is 79.2 Å². The van der Waals surface area contributed by atoms with E-state index in [1.807, 2.05) is 100 Å². The molecule has 11 nitrogen and oxygen atoms in total. The summed E-state index contributed by atoms with van der Waals surface area (Å²) in [6.07, 6.45) is 13.8. The van der Waals surface area contributed by atoms with Crippen molar-refractivity contribution in [3.63, 3.8) is 0 Å². The number of ether oxygens (including phenoxy) is 3. The maximum Gasteiger partial charge on any atom is 0.490 e. The first-order valence-corrected chi connectivity index (χ1v) is 36.8. The monoisotopic (exact) mass is 1470 g/mol. The maximum atomic E-state index is 12.0. The number of allylic oxidation sites excluding steroid dienone is 2. The minimum atomic E-state index is -0.426. The van der Waals surface area contributed by atoms with Gasteiger partial charge in [0.25, 0.3) is 0 Å². The minimum absolute atomic E-state index is 0.102. The summed E-state index contributed by atoms with van der Waals surface area (Å²) in [4.78, 5) is 46.9. The van der Waals surface area contributed by atoms with Crippen molar-refractivity contribution in [2.24, 2.45) is 0 Å². The van der Waals surface area contributed by atoms with Gasteiger partial charge in [0.2, 0.25) is 0 Å². The Hall–Kier alpha value is -2.79. The predicted octanol–water partition coefficient (Wildman–Crippen LogP) is 21.6. The first-order valence-electron chi connectivity index (χ1n) is 30.0. The average Bonchev–Trinajstić information content (AvgIpc) is 1.89. The molecule has 0 atom stereocenters. The van der Waals surface area contributed by atoms with Crippen LogP contribution in [0.25, 0.3) is 5.57 Å². The molecular formula is C66H95BBr3N3O8S5. The van der Waals surface area contributed by atoms with Gasteiger partial charge in [-0.15, -0.1) is 45.3 Å². The standard InChI is InChI=1S/C15H22BrNO2S.C15H23NO2S.C15H21NO2S.C12H21BO2.C5H5BrS.C4H3BrS/c1-10-12(9-13(16)20-10)11-5-7-17(8-6-11)14(18)19-15(2,3)4;2*1-11-13(7-10-19-11)12-5-8-16(9-6-12)14(17)18-15(2,3)4;1-11(2)12(3,4)15-13(14-11)10-8-6-5-7-9-10;1-4-5(6)2-3-7-4;5-4-1-2-6-3-4/h9,11H,5-8H2,1-4H3;7,10,12H,5-6,8-9H2,1-4H3;5,7,10H,6,8-9H2,1-4H3;8H,5-7,9H2,1-4H3;2-3H,1H3;1-3H. The maximum absolute atomic E-state index is 12.0. The Morgan fingerprint density at radius 2 is 1.08 bits per heavy atom. The number of hydrogen-bond acceptors (Lipinski definition) is 13. The van der Waals surface area contributed by atoms with Crippen LogP contribution in [-0.2, 0) is 23.5 Å². The van der Waals surface area contributed by atoms with E-state index in [0.29, 0.717) is 18.4 Å². The molecule has 20 heteroatoms. The highest BCUT2D eigenvalue weighted by molar-refractivity contribution is 9.11. The van der Waals surface area contributed by atoms with Crippen LogP contribution in [0.1, 0.15) is 196 Å². The van der Waals surface area contributed by atoms with E-state index in [0.717, 1.165) is 71.2 Å². The predicted molar refractivity (Wildman–Crippen MR) is 376 cm³/mol. The number of nitrogens with zero attached hydrogens (tertiary/aromatic N) is 3. The smallest absolute Gasteiger partial charge is 0.444 e. The van der Waals surface area contributed by atoms with Crippen LogP contribution in [0.3, 0.4) is 0 Å². The topological polar surface area (TPSA) is 107 Å². The molecule has 0 unspecified atom stereocenters. The summed E-state index contributed by atoms with van der Waals surface area (Å²) in [5.41, 5.74) is 5.28. The minimum Gasteiger partial charge on any atom is -0.444 e. The molecule has 5 aliphatic rings. The summed E-state index contributed by atoms with van der Waals surface area (Å²) in [6, 6.07) is 10.7. The molecule has 5 aromatic rings. The molecular weight excluding hydrogens is 1370 g/mol. The van der Waals surface area contributed by atoms with Gasteiger partial charge in [-0.3, -0.25) is 0 Å². The molecule has 0 bridgehead atoms. The Morgan fingerprint density at radius 3 is 1.43 bits per heavy atom. The molecule has 0 saturated carbocycles. The second-order valence-electron chi connectivity index (χ2n) is 26.2. The highest BCUT2D eigenvalue weighted by atomic mass is 79.9. The fourth-order valence-electron chi connectivity index (χ4n) is 9.89. The van der Waals surface area contributed by atoms with Gasteiger partial charge in [0.05, 0.1) is 15.0 Å². The first kappa shape index (κ1) is 73.9. The Kier molecular flexibility index (Phi) is 28.8. The third-order valence-electron chi connectivity index (χ3n) is 15.2. The third kappa shape index (κ3) is 24.4. The highest BCUT2D eigenvalue weighted by Gasteiger charge is 2.52. The molecule has 86 heavy (non-hydrogen) atoms. The SMILES string of the molecule is Brc1ccsc1.CC1(C)OB(C2=CCCCC2)OC1(C)C.Cc1sc(Br)cc1C1CCN(C(=O)OC(C)(C)C)CC1.Cc1sccc1Br.Cc1sccc1C1=CCN(C(=O)OC(C)(C)C)CC1.Cc1sccc1C1CCN(C(=O)OC(C)(C)C)CC1. The number of amides is 3. The van der Waals surface area contributed by atoms with Crippen molar-refractivity contribution < 1.29 is 37.9 Å². The van der Waals surface area contributed by atoms with Crippen molar-refractivity contribution in [3.05, 3.63) is 124 Å². The highest BCUT2D eigenvalue weighted by Crippen LogP contribution is 2.41. The van der Waals surface area contributed by atoms with Crippen LogP contribution in [0, 0.1) is 27.7 Å². The van der Waals surface area contributed by atoms with Crippen molar-refractivity contribution in [3.8, 4) is 0 Å². The van der Waals surface area contributed by atoms with Crippen LogP contribution in [0.4, 0.5) is 14.4 Å². The number of halogens is 3. The summed E-state index contributed by atoms with van der Waals surface area (Å²) in [5.74, 6) is 1.17. The summed E-state index contributed by atoms with van der Waals surface area (Å²) >= 11 is 19.0. The van der Waals surface area contributed by atoms with E-state index in [-0.39, 0.29) is 36.6 Å². The van der Waals surface area contributed by atoms with Crippen LogP contribution < -0.4 is 0 Å². The van der Waals surface area contributed by atoms with Crippen LogP contribution in [0.2, 0.25) is 0 Å². The van der Waals surface area contributed by atoms with Gasteiger partial charge in [-0.2, -0.15) is 11.3 Å².